The Hall–Kier alpha value is -1.10. The highest BCUT2D eigenvalue weighted by molar-refractivity contribution is 5.97. The van der Waals surface area contributed by atoms with Crippen LogP contribution in [0.15, 0.2) is 0 Å². The Morgan fingerprint density at radius 3 is 2.27 bits per heavy atom. The van der Waals surface area contributed by atoms with Crippen LogP contribution >= 0.6 is 0 Å². The van der Waals surface area contributed by atoms with Crippen LogP contribution in [0.1, 0.15) is 20.8 Å². The Morgan fingerprint density at radius 1 is 1.40 bits per heavy atom. The fourth-order valence-electron chi connectivity index (χ4n) is 1.25. The van der Waals surface area contributed by atoms with E-state index < -0.39 is 23.2 Å². The van der Waals surface area contributed by atoms with Crippen molar-refractivity contribution in [1.29, 1.82) is 0 Å². The minimum atomic E-state index is -1.10. The normalized spacial score (nSPS) is 13.3. The van der Waals surface area contributed by atoms with Gasteiger partial charge in [-0.3, -0.25) is 9.59 Å². The first-order valence-corrected chi connectivity index (χ1v) is 4.80. The Morgan fingerprint density at radius 2 is 1.93 bits per heavy atom. The second-order valence-electron chi connectivity index (χ2n) is 4.42. The van der Waals surface area contributed by atoms with Gasteiger partial charge < -0.3 is 15.2 Å². The molecule has 0 aromatic heterocycles. The summed E-state index contributed by atoms with van der Waals surface area (Å²) < 4.78 is 4.76. The maximum Gasteiger partial charge on any atom is 0.316 e. The molecule has 0 aliphatic heterocycles. The van der Waals surface area contributed by atoms with Crippen LogP contribution < -0.4 is 5.32 Å². The summed E-state index contributed by atoms with van der Waals surface area (Å²) in [5.41, 5.74) is -0.594. The molecule has 0 aromatic rings. The molecule has 0 aliphatic carbocycles. The highest BCUT2D eigenvalue weighted by Gasteiger charge is 2.37. The van der Waals surface area contributed by atoms with Gasteiger partial charge in [0.1, 0.15) is 5.92 Å². The van der Waals surface area contributed by atoms with Crippen LogP contribution in [0.3, 0.4) is 0 Å². The van der Waals surface area contributed by atoms with E-state index in [1.54, 1.807) is 20.8 Å². The molecular formula is C10H19NO4. The lowest BCUT2D eigenvalue weighted by Gasteiger charge is -2.25. The van der Waals surface area contributed by atoms with Gasteiger partial charge in [-0.25, -0.2) is 0 Å². The molecule has 1 unspecified atom stereocenters. The van der Waals surface area contributed by atoms with Crippen molar-refractivity contribution in [2.24, 2.45) is 11.3 Å². The van der Waals surface area contributed by atoms with Crippen molar-refractivity contribution < 1.29 is 19.4 Å². The van der Waals surface area contributed by atoms with E-state index in [4.69, 9.17) is 9.84 Å². The summed E-state index contributed by atoms with van der Waals surface area (Å²) in [6.45, 7) is 5.88. The average molecular weight is 217 g/mol. The fraction of sp³-hybridized carbons (Fsp3) is 0.800. The van der Waals surface area contributed by atoms with Crippen molar-refractivity contribution in [3.8, 4) is 0 Å². The second kappa shape index (κ2) is 5.70. The molecule has 5 nitrogen and oxygen atoms in total. The molecule has 0 heterocycles. The molecule has 1 atom stereocenters. The van der Waals surface area contributed by atoms with Crippen molar-refractivity contribution in [3.63, 3.8) is 0 Å². The lowest BCUT2D eigenvalue weighted by molar-refractivity contribution is -0.151. The summed E-state index contributed by atoms with van der Waals surface area (Å²) >= 11 is 0. The largest absolute Gasteiger partial charge is 0.481 e. The highest BCUT2D eigenvalue weighted by Crippen LogP contribution is 2.26. The van der Waals surface area contributed by atoms with Gasteiger partial charge in [0.2, 0.25) is 5.91 Å². The predicted molar refractivity (Wildman–Crippen MR) is 55.5 cm³/mol. The Bertz CT molecular complexity index is 232. The number of aliphatic carboxylic acids is 1. The third kappa shape index (κ3) is 4.78. The topological polar surface area (TPSA) is 75.6 Å². The first kappa shape index (κ1) is 13.9. The van der Waals surface area contributed by atoms with E-state index in [-0.39, 0.29) is 0 Å². The number of amides is 1. The van der Waals surface area contributed by atoms with E-state index in [1.807, 2.05) is 0 Å². The molecular weight excluding hydrogens is 198 g/mol. The van der Waals surface area contributed by atoms with E-state index in [1.165, 1.54) is 7.11 Å². The third-order valence-corrected chi connectivity index (χ3v) is 1.98. The number of methoxy groups -OCH3 is 1. The van der Waals surface area contributed by atoms with Crippen molar-refractivity contribution >= 4 is 11.9 Å². The number of carbonyl (C=O) groups excluding carboxylic acids is 1. The average Bonchev–Trinajstić information content (AvgIpc) is 2.00. The van der Waals surface area contributed by atoms with E-state index in [0.717, 1.165) is 0 Å². The fourth-order valence-corrected chi connectivity index (χ4v) is 1.25. The first-order valence-electron chi connectivity index (χ1n) is 4.80. The van der Waals surface area contributed by atoms with Gasteiger partial charge in [0.15, 0.2) is 0 Å². The Labute approximate surface area is 89.8 Å². The number of carbonyl (C=O) groups is 2. The quantitative estimate of drug-likeness (QED) is 0.519. The molecule has 88 valence electrons. The molecule has 0 spiro atoms. The highest BCUT2D eigenvalue weighted by atomic mass is 16.5. The zero-order valence-corrected chi connectivity index (χ0v) is 9.66. The van der Waals surface area contributed by atoms with E-state index in [2.05, 4.69) is 5.32 Å². The second-order valence-corrected chi connectivity index (χ2v) is 4.42. The zero-order chi connectivity index (χ0) is 12.1. The molecule has 0 bridgehead atoms. The summed E-state index contributed by atoms with van der Waals surface area (Å²) in [6, 6.07) is 0. The number of hydrogen-bond donors (Lipinski definition) is 2. The van der Waals surface area contributed by atoms with Gasteiger partial charge in [0, 0.05) is 13.7 Å². The summed E-state index contributed by atoms with van der Waals surface area (Å²) in [6.07, 6.45) is 0. The molecule has 0 fully saturated rings. The van der Waals surface area contributed by atoms with Gasteiger partial charge in [-0.15, -0.1) is 0 Å². The molecule has 2 N–H and O–H groups in total. The minimum Gasteiger partial charge on any atom is -0.481 e. The predicted octanol–water partition coefficient (Wildman–Crippen LogP) is 0.496. The van der Waals surface area contributed by atoms with Crippen LogP contribution in [0.4, 0.5) is 0 Å². The van der Waals surface area contributed by atoms with E-state index in [0.29, 0.717) is 13.2 Å². The van der Waals surface area contributed by atoms with Gasteiger partial charge in [-0.05, 0) is 5.41 Å². The van der Waals surface area contributed by atoms with Gasteiger partial charge in [0.25, 0.3) is 0 Å². The monoisotopic (exact) mass is 217 g/mol. The maximum absolute atomic E-state index is 11.6. The van der Waals surface area contributed by atoms with Crippen LogP contribution in [0.5, 0.6) is 0 Å². The molecule has 0 aromatic carbocycles. The summed E-state index contributed by atoms with van der Waals surface area (Å²) in [4.78, 5) is 22.5. The molecule has 5 heteroatoms. The number of nitrogens with one attached hydrogen (secondary N) is 1. The number of carboxylic acids is 1. The summed E-state index contributed by atoms with van der Waals surface area (Å²) in [7, 11) is 1.52. The molecule has 0 saturated carbocycles. The first-order chi connectivity index (χ1) is 6.80. The standard InChI is InChI=1S/C10H19NO4/c1-10(2,3)7(9(13)14)8(12)11-5-6-15-4/h7H,5-6H2,1-4H3,(H,11,12)(H,13,14). The van der Waals surface area contributed by atoms with Gasteiger partial charge in [-0.2, -0.15) is 0 Å². The third-order valence-electron chi connectivity index (χ3n) is 1.98. The SMILES string of the molecule is COCCNC(=O)C(C(=O)O)C(C)(C)C. The van der Waals surface area contributed by atoms with Crippen molar-refractivity contribution in [2.75, 3.05) is 20.3 Å². The molecule has 1 amide bonds. The summed E-state index contributed by atoms with van der Waals surface area (Å²) in [5.74, 6) is -2.60. The lowest BCUT2D eigenvalue weighted by atomic mass is 9.80. The molecule has 15 heavy (non-hydrogen) atoms. The lowest BCUT2D eigenvalue weighted by Crippen LogP contribution is -2.43. The van der Waals surface area contributed by atoms with Gasteiger partial charge in [0.05, 0.1) is 6.61 Å². The molecule has 0 aliphatic rings. The van der Waals surface area contributed by atoms with Crippen LogP contribution in [0, 0.1) is 11.3 Å². The van der Waals surface area contributed by atoms with Crippen LogP contribution in [-0.4, -0.2) is 37.2 Å². The Kier molecular flexibility index (Phi) is 5.28. The van der Waals surface area contributed by atoms with Crippen LogP contribution in [0.2, 0.25) is 0 Å². The van der Waals surface area contributed by atoms with E-state index in [9.17, 15) is 9.59 Å². The van der Waals surface area contributed by atoms with Crippen LogP contribution in [-0.2, 0) is 14.3 Å². The van der Waals surface area contributed by atoms with Gasteiger partial charge in [-0.1, -0.05) is 20.8 Å². The molecule has 0 saturated heterocycles. The van der Waals surface area contributed by atoms with Crippen molar-refractivity contribution in [2.45, 2.75) is 20.8 Å². The zero-order valence-electron chi connectivity index (χ0n) is 9.66. The molecule has 0 radical (unpaired) electrons. The van der Waals surface area contributed by atoms with E-state index >= 15 is 0 Å². The number of ether oxygens (including phenoxy) is 1. The Balaban J connectivity index is 4.39. The number of carboxylic acid groups (broad SMARTS) is 1. The number of hydrogen-bond acceptors (Lipinski definition) is 3. The van der Waals surface area contributed by atoms with Crippen LogP contribution in [0.25, 0.3) is 0 Å². The van der Waals surface area contributed by atoms with Crippen molar-refractivity contribution in [3.05, 3.63) is 0 Å². The smallest absolute Gasteiger partial charge is 0.316 e. The maximum atomic E-state index is 11.6. The summed E-state index contributed by atoms with van der Waals surface area (Å²) in [5, 5.41) is 11.5. The van der Waals surface area contributed by atoms with Crippen molar-refractivity contribution in [1.82, 2.24) is 5.32 Å². The van der Waals surface area contributed by atoms with Gasteiger partial charge >= 0.3 is 5.97 Å². The number of rotatable bonds is 5. The minimum absolute atomic E-state index is 0.329. The molecule has 0 rings (SSSR count).